The molecule has 2 bridgehead atoms. The number of aryl methyl sites for hydroxylation is 1. The molecule has 3 aliphatic rings. The van der Waals surface area contributed by atoms with Gasteiger partial charge in [-0.25, -0.2) is 28.3 Å². The number of aliphatic hydroxyl groups excluding tert-OH is 1. The Balaban J connectivity index is 1.60. The van der Waals surface area contributed by atoms with Crippen molar-refractivity contribution in [2.24, 2.45) is 0 Å². The smallest absolute Gasteiger partial charge is 0.472 e. The normalized spacial score (nSPS) is 22.2. The first-order valence-corrected chi connectivity index (χ1v) is 23.6. The number of aromatic nitrogens is 2. The highest BCUT2D eigenvalue weighted by Gasteiger charge is 2.62. The van der Waals surface area contributed by atoms with Crippen molar-refractivity contribution in [3.8, 4) is 22.9 Å². The summed E-state index contributed by atoms with van der Waals surface area (Å²) in [6.45, 7) is 25.6. The first-order chi connectivity index (χ1) is 28.2. The van der Waals surface area contributed by atoms with Gasteiger partial charge in [-0.15, -0.1) is 13.2 Å². The van der Waals surface area contributed by atoms with Crippen LogP contribution >= 0.6 is 0 Å². The fourth-order valence-corrected chi connectivity index (χ4v) is 9.42. The average Bonchev–Trinajstić information content (AvgIpc) is 3.30. The number of carbonyl (C=O) groups is 2. The summed E-state index contributed by atoms with van der Waals surface area (Å²) < 4.78 is 104. The van der Waals surface area contributed by atoms with Crippen LogP contribution in [0, 0.1) is 18.6 Å². The molecule has 13 nitrogen and oxygen atoms in total. The van der Waals surface area contributed by atoms with E-state index in [4.69, 9.17) is 23.6 Å². The van der Waals surface area contributed by atoms with Crippen molar-refractivity contribution in [2.45, 2.75) is 161 Å². The number of piperazine rings is 1. The third-order valence-corrected chi connectivity index (χ3v) is 16.5. The lowest BCUT2D eigenvalue weighted by Gasteiger charge is -2.54. The third-order valence-electron chi connectivity index (χ3n) is 12.0. The van der Waals surface area contributed by atoms with Crippen LogP contribution in [-0.2, 0) is 13.9 Å². The number of pyridine rings is 2. The summed E-state index contributed by atoms with van der Waals surface area (Å²) in [6, 6.07) is 0.224. The molecule has 5 heterocycles. The van der Waals surface area contributed by atoms with Crippen molar-refractivity contribution < 1.29 is 60.0 Å². The zero-order valence-electron chi connectivity index (χ0n) is 37.8. The second kappa shape index (κ2) is 15.6. The highest BCUT2D eigenvalue weighted by atomic mass is 28.4. The Morgan fingerprint density at radius 1 is 1.02 bits per heavy atom. The van der Waals surface area contributed by atoms with E-state index in [0.29, 0.717) is 18.9 Å². The van der Waals surface area contributed by atoms with Gasteiger partial charge < -0.3 is 33.4 Å². The molecule has 3 aromatic rings. The lowest BCUT2D eigenvalue weighted by molar-refractivity contribution is -0.275. The Morgan fingerprint density at radius 3 is 2.21 bits per heavy atom. The molecular weight excluding hydrogens is 838 g/mol. The van der Waals surface area contributed by atoms with Crippen molar-refractivity contribution >= 4 is 42.8 Å². The lowest BCUT2D eigenvalue weighted by atomic mass is 9.92. The van der Waals surface area contributed by atoms with E-state index in [0.717, 1.165) is 6.07 Å². The molecule has 1 unspecified atom stereocenters. The van der Waals surface area contributed by atoms with Gasteiger partial charge in [0.1, 0.15) is 28.8 Å². The fraction of sp³-hybridized carbons (Fsp3) is 0.628. The van der Waals surface area contributed by atoms with Crippen molar-refractivity contribution in [1.82, 2.24) is 14.9 Å². The maximum Gasteiger partial charge on any atom is 0.573 e. The van der Waals surface area contributed by atoms with E-state index in [9.17, 15) is 27.9 Å². The summed E-state index contributed by atoms with van der Waals surface area (Å²) in [6.07, 6.45) is -8.15. The number of nitrogens with zero attached hydrogens (tertiary/aromatic N) is 4. The van der Waals surface area contributed by atoms with Crippen molar-refractivity contribution in [1.29, 1.82) is 0 Å². The number of anilines is 2. The Labute approximate surface area is 359 Å². The summed E-state index contributed by atoms with van der Waals surface area (Å²) >= 11 is 0. The van der Waals surface area contributed by atoms with Crippen LogP contribution in [0.25, 0.3) is 22.0 Å². The molecule has 2 fully saturated rings. The number of benzene rings is 1. The number of fused-ring (bicyclic) bond motifs is 5. The molecule has 0 saturated carbocycles. The lowest BCUT2D eigenvalue weighted by Crippen LogP contribution is -2.72. The van der Waals surface area contributed by atoms with Crippen LogP contribution in [0.3, 0.4) is 0 Å². The molecule has 1 aromatic carbocycles. The molecule has 2 N–H and O–H groups in total. The van der Waals surface area contributed by atoms with Gasteiger partial charge in [0.05, 0.1) is 47.0 Å². The SMILES string of the molecule is Cc1c(C(C)O)nc2c3c(nc(-c4cc(NC(=O)OC(C)(C)C)cc(F)c4OC(F)(F)F)c(F)c13)O[C@@H](C)[C@@H]1[C@@H]3CC[C@](CO[Si](C)(C)C(C)(C)C)(CN21)N3C(=O)OC(C)(C)C. The van der Waals surface area contributed by atoms with Gasteiger partial charge in [-0.2, -0.15) is 0 Å². The van der Waals surface area contributed by atoms with Crippen LogP contribution < -0.4 is 19.7 Å². The summed E-state index contributed by atoms with van der Waals surface area (Å²) in [5.74, 6) is -4.30. The predicted octanol–water partition coefficient (Wildman–Crippen LogP) is 10.3. The van der Waals surface area contributed by atoms with Crippen LogP contribution in [0.5, 0.6) is 11.6 Å². The molecule has 19 heteroatoms. The maximum atomic E-state index is 17.6. The number of hydrogen-bond acceptors (Lipinski definition) is 11. The first kappa shape index (κ1) is 47.0. The quantitative estimate of drug-likeness (QED) is 0.173. The molecule has 2 saturated heterocycles. The van der Waals surface area contributed by atoms with Gasteiger partial charge in [0.2, 0.25) is 5.88 Å². The number of hydrogen-bond donors (Lipinski definition) is 2. The zero-order chi connectivity index (χ0) is 46.4. The standard InChI is InChI=1S/C43H58F5N5O8Si/c1-21-28-29-35(50-31(21)22(2)54)52-19-42(20-57-62(13,14)41(10,11)12)16-15-27(53(42)38(56)61-40(7,8)9)33(52)23(3)58-36(29)51-32(30(28)45)25-17-24(49-37(55)60-39(4,5)6)18-26(44)34(25)59-43(46,47)48/h17-18,22-23,27,33,54H,15-16,19-20H2,1-14H3,(H,49,55)/t22?,23-,27-,33+,42+/m0/s1. The Bertz CT molecular complexity index is 2270. The van der Waals surface area contributed by atoms with Crippen LogP contribution in [0.1, 0.15) is 106 Å². The van der Waals surface area contributed by atoms with Crippen LogP contribution in [0.4, 0.5) is 43.0 Å². The Morgan fingerprint density at radius 2 is 1.65 bits per heavy atom. The fourth-order valence-electron chi connectivity index (χ4n) is 8.36. The van der Waals surface area contributed by atoms with Gasteiger partial charge in [-0.1, -0.05) is 20.8 Å². The number of alkyl halides is 3. The number of carbonyl (C=O) groups excluding carboxylic acids is 2. The van der Waals surface area contributed by atoms with E-state index in [1.165, 1.54) is 13.8 Å². The van der Waals surface area contributed by atoms with Gasteiger partial charge in [0, 0.05) is 23.7 Å². The third kappa shape index (κ3) is 8.98. The number of nitrogens with one attached hydrogen (secondary N) is 1. The largest absolute Gasteiger partial charge is 0.573 e. The van der Waals surface area contributed by atoms with E-state index < -0.39 is 96.5 Å². The van der Waals surface area contributed by atoms with Gasteiger partial charge in [0.15, 0.2) is 25.7 Å². The zero-order valence-corrected chi connectivity index (χ0v) is 38.8. The van der Waals surface area contributed by atoms with Crippen LogP contribution in [0.2, 0.25) is 18.1 Å². The molecular formula is C43H58F5N5O8Si. The van der Waals surface area contributed by atoms with Gasteiger partial charge in [-0.05, 0) is 105 Å². The maximum absolute atomic E-state index is 17.6. The molecule has 0 spiro atoms. The van der Waals surface area contributed by atoms with E-state index in [2.05, 4.69) is 48.9 Å². The van der Waals surface area contributed by atoms with Crippen molar-refractivity contribution in [3.05, 3.63) is 35.0 Å². The Hall–Kier alpha value is -4.49. The summed E-state index contributed by atoms with van der Waals surface area (Å²) in [7, 11) is -2.41. The highest BCUT2D eigenvalue weighted by Crippen LogP contribution is 2.52. The predicted molar refractivity (Wildman–Crippen MR) is 225 cm³/mol. The van der Waals surface area contributed by atoms with Crippen LogP contribution in [0.15, 0.2) is 12.1 Å². The van der Waals surface area contributed by atoms with Gasteiger partial charge in [0.25, 0.3) is 0 Å². The molecule has 2 amide bonds. The minimum absolute atomic E-state index is 0.0505. The van der Waals surface area contributed by atoms with Crippen LogP contribution in [-0.4, -0.2) is 94.9 Å². The van der Waals surface area contributed by atoms with E-state index in [1.807, 2.05) is 4.90 Å². The number of halogens is 5. The summed E-state index contributed by atoms with van der Waals surface area (Å²) in [4.78, 5) is 40.2. The van der Waals surface area contributed by atoms with Crippen molar-refractivity contribution in [2.75, 3.05) is 23.4 Å². The van der Waals surface area contributed by atoms with Gasteiger partial charge >= 0.3 is 18.5 Å². The molecule has 62 heavy (non-hydrogen) atoms. The topological polar surface area (TPSA) is 145 Å². The highest BCUT2D eigenvalue weighted by molar-refractivity contribution is 6.74. The number of ether oxygens (including phenoxy) is 4. The number of aliphatic hydroxyl groups is 1. The minimum Gasteiger partial charge on any atom is -0.472 e. The molecule has 0 aliphatic carbocycles. The summed E-state index contributed by atoms with van der Waals surface area (Å²) in [5, 5.41) is 13.1. The molecule has 2 aromatic heterocycles. The monoisotopic (exact) mass is 895 g/mol. The van der Waals surface area contributed by atoms with Gasteiger partial charge in [-0.3, -0.25) is 10.2 Å². The minimum atomic E-state index is -5.43. The second-order valence-corrected chi connectivity index (χ2v) is 24.9. The average molecular weight is 896 g/mol. The number of amides is 2. The first-order valence-electron chi connectivity index (χ1n) is 20.7. The van der Waals surface area contributed by atoms with E-state index >= 15 is 8.78 Å². The molecule has 0 radical (unpaired) electrons. The molecule has 3 aliphatic heterocycles. The molecule has 6 rings (SSSR count). The van der Waals surface area contributed by atoms with Crippen molar-refractivity contribution in [3.63, 3.8) is 0 Å². The molecule has 342 valence electrons. The second-order valence-electron chi connectivity index (χ2n) is 20.1. The number of rotatable bonds is 7. The van der Waals surface area contributed by atoms with E-state index in [1.54, 1.807) is 53.4 Å². The summed E-state index contributed by atoms with van der Waals surface area (Å²) in [5.41, 5.74) is -4.65. The Kier molecular flexibility index (Phi) is 11.9. The van der Waals surface area contributed by atoms with E-state index in [-0.39, 0.29) is 57.6 Å². The molecule has 5 atom stereocenters.